The van der Waals surface area contributed by atoms with Crippen LogP contribution in [0.25, 0.3) is 0 Å². The maximum absolute atomic E-state index is 11.4. The van der Waals surface area contributed by atoms with Gasteiger partial charge < -0.3 is 0 Å². The van der Waals surface area contributed by atoms with Crippen molar-refractivity contribution < 1.29 is 4.79 Å². The zero-order chi connectivity index (χ0) is 9.42. The van der Waals surface area contributed by atoms with Crippen molar-refractivity contribution in [3.8, 4) is 0 Å². The molecule has 70 valence electrons. The number of thiophene rings is 1. The molecule has 0 radical (unpaired) electrons. The van der Waals surface area contributed by atoms with Crippen LogP contribution < -0.4 is 0 Å². The van der Waals surface area contributed by atoms with Crippen LogP contribution in [0.4, 0.5) is 0 Å². The van der Waals surface area contributed by atoms with Crippen LogP contribution in [0.3, 0.4) is 0 Å². The third-order valence-electron chi connectivity index (χ3n) is 2.79. The van der Waals surface area contributed by atoms with Crippen molar-refractivity contribution in [2.75, 3.05) is 0 Å². The molecule has 0 aliphatic heterocycles. The summed E-state index contributed by atoms with van der Waals surface area (Å²) in [5.74, 6) is 1.10. The first-order valence-electron chi connectivity index (χ1n) is 4.45. The summed E-state index contributed by atoms with van der Waals surface area (Å²) in [7, 11) is 0. The van der Waals surface area contributed by atoms with Gasteiger partial charge in [-0.15, -0.1) is 11.3 Å². The number of Topliss-reactive ketones (excluding diaryl/α,β-unsaturated/α-hetero) is 1. The van der Waals surface area contributed by atoms with E-state index in [0.717, 1.165) is 12.8 Å². The fraction of sp³-hybridized carbons (Fsp3) is 0.500. The molecule has 0 aromatic carbocycles. The van der Waals surface area contributed by atoms with Crippen LogP contribution in [0.5, 0.6) is 0 Å². The van der Waals surface area contributed by atoms with Gasteiger partial charge in [-0.2, -0.15) is 0 Å². The first-order valence-corrected chi connectivity index (χ1v) is 6.13. The van der Waals surface area contributed by atoms with Crippen LogP contribution in [-0.2, 0) is 4.79 Å². The van der Waals surface area contributed by atoms with E-state index in [9.17, 15) is 4.79 Å². The lowest BCUT2D eigenvalue weighted by Crippen LogP contribution is -2.07. The van der Waals surface area contributed by atoms with E-state index in [1.54, 1.807) is 11.3 Å². The molecule has 3 heteroatoms. The Balaban J connectivity index is 2.28. The minimum Gasteiger partial charge on any atom is -0.299 e. The van der Waals surface area contributed by atoms with Crippen molar-refractivity contribution in [1.82, 2.24) is 0 Å². The molecule has 1 aliphatic carbocycles. The summed E-state index contributed by atoms with van der Waals surface area (Å²) in [5, 5.41) is 2.08. The summed E-state index contributed by atoms with van der Waals surface area (Å²) in [5.41, 5.74) is 0. The molecule has 1 aromatic heterocycles. The SMILES string of the molecule is CC1C(=O)CCC1c1sccc1Br. The Hall–Kier alpha value is -0.150. The number of ketones is 1. The Bertz CT molecular complexity index is 331. The highest BCUT2D eigenvalue weighted by Crippen LogP contribution is 2.42. The van der Waals surface area contributed by atoms with E-state index in [2.05, 4.69) is 27.4 Å². The number of rotatable bonds is 1. The van der Waals surface area contributed by atoms with Crippen molar-refractivity contribution in [1.29, 1.82) is 0 Å². The molecule has 2 rings (SSSR count). The molecule has 0 N–H and O–H groups in total. The van der Waals surface area contributed by atoms with Crippen molar-refractivity contribution >= 4 is 33.0 Å². The smallest absolute Gasteiger partial charge is 0.136 e. The lowest BCUT2D eigenvalue weighted by Gasteiger charge is -2.12. The van der Waals surface area contributed by atoms with Gasteiger partial charge in [0.05, 0.1) is 0 Å². The van der Waals surface area contributed by atoms with E-state index in [-0.39, 0.29) is 5.92 Å². The van der Waals surface area contributed by atoms with Crippen molar-refractivity contribution in [3.05, 3.63) is 20.8 Å². The number of hydrogen-bond donors (Lipinski definition) is 0. The van der Waals surface area contributed by atoms with Crippen LogP contribution in [0, 0.1) is 5.92 Å². The zero-order valence-electron chi connectivity index (χ0n) is 7.42. The monoisotopic (exact) mass is 258 g/mol. The Morgan fingerprint density at radius 3 is 2.85 bits per heavy atom. The molecule has 1 heterocycles. The van der Waals surface area contributed by atoms with E-state index < -0.39 is 0 Å². The molecule has 0 amide bonds. The molecule has 0 bridgehead atoms. The van der Waals surface area contributed by atoms with Gasteiger partial charge in [-0.1, -0.05) is 6.92 Å². The van der Waals surface area contributed by atoms with Gasteiger partial charge in [0.1, 0.15) is 5.78 Å². The maximum Gasteiger partial charge on any atom is 0.136 e. The molecule has 1 aliphatic rings. The van der Waals surface area contributed by atoms with Gasteiger partial charge in [0.15, 0.2) is 0 Å². The second kappa shape index (κ2) is 3.54. The molecule has 1 nitrogen and oxygen atoms in total. The Kier molecular flexibility index (Phi) is 2.56. The summed E-state index contributed by atoms with van der Waals surface area (Å²) in [4.78, 5) is 12.7. The number of hydrogen-bond acceptors (Lipinski definition) is 2. The summed E-state index contributed by atoms with van der Waals surface area (Å²) in [6, 6.07) is 2.06. The lowest BCUT2D eigenvalue weighted by atomic mass is 9.96. The van der Waals surface area contributed by atoms with Gasteiger partial charge in [0.25, 0.3) is 0 Å². The normalized spacial score (nSPS) is 28.3. The molecular formula is C10H11BrOS. The van der Waals surface area contributed by atoms with Crippen LogP contribution in [0.2, 0.25) is 0 Å². The molecule has 2 unspecified atom stereocenters. The van der Waals surface area contributed by atoms with E-state index in [4.69, 9.17) is 0 Å². The van der Waals surface area contributed by atoms with E-state index >= 15 is 0 Å². The van der Waals surface area contributed by atoms with Crippen molar-refractivity contribution in [2.24, 2.45) is 5.92 Å². The highest BCUT2D eigenvalue weighted by Gasteiger charge is 2.33. The van der Waals surface area contributed by atoms with E-state index in [1.807, 2.05) is 6.92 Å². The average Bonchev–Trinajstić information content (AvgIpc) is 2.62. The first kappa shape index (κ1) is 9.41. The quantitative estimate of drug-likeness (QED) is 0.753. The minimum absolute atomic E-state index is 0.218. The fourth-order valence-electron chi connectivity index (χ4n) is 1.93. The molecule has 1 aromatic rings. The third kappa shape index (κ3) is 1.59. The van der Waals surface area contributed by atoms with Crippen molar-refractivity contribution in [2.45, 2.75) is 25.7 Å². The molecule has 13 heavy (non-hydrogen) atoms. The highest BCUT2D eigenvalue weighted by atomic mass is 79.9. The Morgan fingerprint density at radius 2 is 2.38 bits per heavy atom. The summed E-state index contributed by atoms with van der Waals surface area (Å²) >= 11 is 5.28. The molecule has 0 saturated heterocycles. The van der Waals surface area contributed by atoms with E-state index in [0.29, 0.717) is 11.7 Å². The van der Waals surface area contributed by atoms with Crippen LogP contribution in [-0.4, -0.2) is 5.78 Å². The second-order valence-electron chi connectivity index (χ2n) is 3.53. The summed E-state index contributed by atoms with van der Waals surface area (Å²) < 4.78 is 1.17. The second-order valence-corrected chi connectivity index (χ2v) is 5.33. The topological polar surface area (TPSA) is 17.1 Å². The molecule has 1 fully saturated rings. The van der Waals surface area contributed by atoms with Gasteiger partial charge >= 0.3 is 0 Å². The predicted molar refractivity (Wildman–Crippen MR) is 58.2 cm³/mol. The van der Waals surface area contributed by atoms with Gasteiger partial charge in [-0.3, -0.25) is 4.79 Å². The van der Waals surface area contributed by atoms with Crippen molar-refractivity contribution in [3.63, 3.8) is 0 Å². The third-order valence-corrected chi connectivity index (χ3v) is 4.80. The molecular weight excluding hydrogens is 248 g/mol. The fourth-order valence-corrected chi connectivity index (χ4v) is 3.84. The average molecular weight is 259 g/mol. The van der Waals surface area contributed by atoms with Gasteiger partial charge in [-0.05, 0) is 33.8 Å². The Morgan fingerprint density at radius 1 is 1.62 bits per heavy atom. The summed E-state index contributed by atoms with van der Waals surface area (Å²) in [6.45, 7) is 2.05. The lowest BCUT2D eigenvalue weighted by molar-refractivity contribution is -0.120. The maximum atomic E-state index is 11.4. The predicted octanol–water partition coefficient (Wildman–Crippen LogP) is 3.59. The van der Waals surface area contributed by atoms with Crippen LogP contribution >= 0.6 is 27.3 Å². The Labute approximate surface area is 90.3 Å². The van der Waals surface area contributed by atoms with Gasteiger partial charge in [0, 0.05) is 27.6 Å². The first-order chi connectivity index (χ1) is 6.20. The number of carbonyl (C=O) groups is 1. The van der Waals surface area contributed by atoms with Gasteiger partial charge in [0.2, 0.25) is 0 Å². The van der Waals surface area contributed by atoms with Crippen LogP contribution in [0.15, 0.2) is 15.9 Å². The zero-order valence-corrected chi connectivity index (χ0v) is 9.82. The summed E-state index contributed by atoms with van der Waals surface area (Å²) in [6.07, 6.45) is 1.79. The van der Waals surface area contributed by atoms with Gasteiger partial charge in [-0.25, -0.2) is 0 Å². The number of carbonyl (C=O) groups excluding carboxylic acids is 1. The largest absolute Gasteiger partial charge is 0.299 e. The standard InChI is InChI=1S/C10H11BrOS/c1-6-7(2-3-9(6)12)10-8(11)4-5-13-10/h4-7H,2-3H2,1H3. The van der Waals surface area contributed by atoms with Crippen LogP contribution in [0.1, 0.15) is 30.6 Å². The molecule has 2 atom stereocenters. The number of halogens is 1. The highest BCUT2D eigenvalue weighted by molar-refractivity contribution is 9.10. The van der Waals surface area contributed by atoms with E-state index in [1.165, 1.54) is 9.35 Å². The molecule has 1 saturated carbocycles. The minimum atomic E-state index is 0.218. The molecule has 0 spiro atoms.